The highest BCUT2D eigenvalue weighted by molar-refractivity contribution is 7.94. The maximum Gasteiger partial charge on any atom is 0.0812 e. The first-order chi connectivity index (χ1) is 11.6. The molecule has 1 heterocycles. The van der Waals surface area contributed by atoms with Gasteiger partial charge in [-0.3, -0.25) is 0 Å². The van der Waals surface area contributed by atoms with E-state index in [2.05, 4.69) is 62.4 Å². The first-order valence-corrected chi connectivity index (χ1v) is 8.71. The first kappa shape index (κ1) is 18.5. The fourth-order valence-corrected chi connectivity index (χ4v) is 3.42. The summed E-state index contributed by atoms with van der Waals surface area (Å²) in [5, 5.41) is 0. The molecule has 1 unspecified atom stereocenters. The summed E-state index contributed by atoms with van der Waals surface area (Å²) in [5.41, 5.74) is 5.29. The molecule has 2 aromatic rings. The van der Waals surface area contributed by atoms with Gasteiger partial charge in [0.25, 0.3) is 0 Å². The molecule has 0 spiro atoms. The summed E-state index contributed by atoms with van der Waals surface area (Å²) in [6.07, 6.45) is 3.28. The van der Waals surface area contributed by atoms with Crippen molar-refractivity contribution >= 4 is 12.1 Å². The van der Waals surface area contributed by atoms with E-state index < -0.39 is 0 Å². The highest BCUT2D eigenvalue weighted by atomic mass is 32.2. The molecule has 3 rings (SSSR count). The van der Waals surface area contributed by atoms with Gasteiger partial charge in [-0.2, -0.15) is 3.89 Å². The van der Waals surface area contributed by atoms with Gasteiger partial charge in [-0.15, -0.1) is 0 Å². The van der Waals surface area contributed by atoms with E-state index in [-0.39, 0.29) is 0 Å². The van der Waals surface area contributed by atoms with E-state index in [1.54, 1.807) is 12.2 Å². The quantitative estimate of drug-likeness (QED) is 0.639. The van der Waals surface area contributed by atoms with Crippen LogP contribution in [0.5, 0.6) is 0 Å². The van der Waals surface area contributed by atoms with Crippen LogP contribution >= 0.6 is 12.1 Å². The molecule has 0 N–H and O–H groups in total. The Labute approximate surface area is 149 Å². The van der Waals surface area contributed by atoms with Crippen LogP contribution in [0.15, 0.2) is 72.7 Å². The summed E-state index contributed by atoms with van der Waals surface area (Å²) in [6, 6.07) is 14.5. The van der Waals surface area contributed by atoms with Crippen molar-refractivity contribution in [2.45, 2.75) is 24.3 Å². The van der Waals surface area contributed by atoms with Gasteiger partial charge in [0.15, 0.2) is 0 Å². The standard InChI is InChI=1S/C17H18FNS.C4H6/c1-12-5-3-4-6-15(12)17-11-19(2)10-13-9-14(20-18)7-8-16(13)17;1-3-4-2/h3-9,17H,10-11H2,1-2H3;3-4H,1-2H2. The Hall–Kier alpha value is -1.84. The van der Waals surface area contributed by atoms with Crippen LogP contribution in [0.25, 0.3) is 0 Å². The maximum atomic E-state index is 12.8. The number of benzene rings is 2. The predicted octanol–water partition coefficient (Wildman–Crippen LogP) is 5.91. The molecule has 0 saturated carbocycles. The minimum Gasteiger partial charge on any atom is -0.301 e. The molecule has 0 radical (unpaired) electrons. The van der Waals surface area contributed by atoms with Gasteiger partial charge in [0.1, 0.15) is 0 Å². The van der Waals surface area contributed by atoms with Gasteiger partial charge >= 0.3 is 0 Å². The van der Waals surface area contributed by atoms with Crippen LogP contribution in [0.4, 0.5) is 3.89 Å². The fraction of sp³-hybridized carbons (Fsp3) is 0.238. The number of allylic oxidation sites excluding steroid dienone is 2. The number of halogens is 1. The number of hydrogen-bond acceptors (Lipinski definition) is 2. The molecule has 0 bridgehead atoms. The van der Waals surface area contributed by atoms with Gasteiger partial charge in [0.2, 0.25) is 0 Å². The Bertz CT molecular complexity index is 705. The average Bonchev–Trinajstić information content (AvgIpc) is 2.61. The van der Waals surface area contributed by atoms with Gasteiger partial charge < -0.3 is 4.90 Å². The van der Waals surface area contributed by atoms with E-state index in [1.165, 1.54) is 22.3 Å². The molecule has 2 aromatic carbocycles. The lowest BCUT2D eigenvalue weighted by Crippen LogP contribution is -2.31. The lowest BCUT2D eigenvalue weighted by Gasteiger charge is -2.33. The molecule has 1 atom stereocenters. The van der Waals surface area contributed by atoms with Gasteiger partial charge in [-0.1, -0.05) is 55.6 Å². The Balaban J connectivity index is 0.000000471. The second-order valence-electron chi connectivity index (χ2n) is 6.02. The van der Waals surface area contributed by atoms with E-state index in [0.717, 1.165) is 13.1 Å². The van der Waals surface area contributed by atoms with Gasteiger partial charge in [0, 0.05) is 23.9 Å². The fourth-order valence-electron chi connectivity index (χ4n) is 3.12. The second-order valence-corrected chi connectivity index (χ2v) is 6.64. The third-order valence-electron chi connectivity index (χ3n) is 4.24. The van der Waals surface area contributed by atoms with E-state index in [0.29, 0.717) is 23.0 Å². The molecule has 24 heavy (non-hydrogen) atoms. The van der Waals surface area contributed by atoms with E-state index >= 15 is 0 Å². The van der Waals surface area contributed by atoms with Crippen LogP contribution in [0.1, 0.15) is 28.2 Å². The second kappa shape index (κ2) is 8.86. The van der Waals surface area contributed by atoms with Crippen molar-refractivity contribution < 1.29 is 3.89 Å². The van der Waals surface area contributed by atoms with Crippen molar-refractivity contribution in [3.8, 4) is 0 Å². The van der Waals surface area contributed by atoms with Crippen LogP contribution in [0.3, 0.4) is 0 Å². The largest absolute Gasteiger partial charge is 0.301 e. The molecule has 0 aliphatic carbocycles. The summed E-state index contributed by atoms with van der Waals surface area (Å²) in [7, 11) is 2.13. The molecule has 126 valence electrons. The molecule has 1 aliphatic rings. The van der Waals surface area contributed by atoms with Crippen molar-refractivity contribution in [1.29, 1.82) is 0 Å². The van der Waals surface area contributed by atoms with Crippen LogP contribution in [-0.2, 0) is 6.54 Å². The molecule has 0 saturated heterocycles. The zero-order valence-electron chi connectivity index (χ0n) is 14.3. The monoisotopic (exact) mass is 341 g/mol. The summed E-state index contributed by atoms with van der Waals surface area (Å²) < 4.78 is 12.8. The number of fused-ring (bicyclic) bond motifs is 1. The molecule has 0 amide bonds. The minimum atomic E-state index is 0.325. The molecular formula is C21H24FNS. The minimum absolute atomic E-state index is 0.325. The highest BCUT2D eigenvalue weighted by Gasteiger charge is 2.25. The SMILES string of the molecule is C=CC=C.Cc1ccccc1C1CN(C)Cc2cc(SF)ccc21. The van der Waals surface area contributed by atoms with Crippen molar-refractivity contribution in [1.82, 2.24) is 4.90 Å². The highest BCUT2D eigenvalue weighted by Crippen LogP contribution is 2.36. The number of nitrogens with zero attached hydrogens (tertiary/aromatic N) is 1. The zero-order chi connectivity index (χ0) is 17.5. The summed E-state index contributed by atoms with van der Waals surface area (Å²) in [5.74, 6) is 0.378. The zero-order valence-corrected chi connectivity index (χ0v) is 15.2. The van der Waals surface area contributed by atoms with E-state index in [1.807, 2.05) is 12.1 Å². The van der Waals surface area contributed by atoms with Crippen molar-refractivity contribution in [3.63, 3.8) is 0 Å². The predicted molar refractivity (Wildman–Crippen MR) is 103 cm³/mol. The number of hydrogen-bond donors (Lipinski definition) is 0. The van der Waals surface area contributed by atoms with Crippen molar-refractivity contribution in [3.05, 3.63) is 90.0 Å². The van der Waals surface area contributed by atoms with Gasteiger partial charge in [-0.05, 0) is 48.4 Å². The summed E-state index contributed by atoms with van der Waals surface area (Å²) >= 11 is 0.325. The van der Waals surface area contributed by atoms with Crippen molar-refractivity contribution in [2.75, 3.05) is 13.6 Å². The van der Waals surface area contributed by atoms with Crippen LogP contribution in [0.2, 0.25) is 0 Å². The summed E-state index contributed by atoms with van der Waals surface area (Å²) in [6.45, 7) is 10.8. The topological polar surface area (TPSA) is 3.24 Å². The first-order valence-electron chi connectivity index (χ1n) is 7.99. The molecule has 3 heteroatoms. The third-order valence-corrected chi connectivity index (χ3v) is 4.68. The molecule has 1 aliphatic heterocycles. The Morgan fingerprint density at radius 2 is 1.83 bits per heavy atom. The smallest absolute Gasteiger partial charge is 0.0812 e. The molecular weight excluding hydrogens is 317 g/mol. The lowest BCUT2D eigenvalue weighted by atomic mass is 9.83. The maximum absolute atomic E-state index is 12.8. The molecule has 0 aromatic heterocycles. The van der Waals surface area contributed by atoms with E-state index in [4.69, 9.17) is 0 Å². The number of likely N-dealkylation sites (N-methyl/N-ethyl adjacent to an activating group) is 1. The third kappa shape index (κ3) is 4.37. The van der Waals surface area contributed by atoms with Crippen molar-refractivity contribution in [2.24, 2.45) is 0 Å². The molecule has 1 nitrogen and oxygen atoms in total. The molecule has 0 fully saturated rings. The van der Waals surface area contributed by atoms with Crippen LogP contribution in [-0.4, -0.2) is 18.5 Å². The Morgan fingerprint density at radius 3 is 2.46 bits per heavy atom. The van der Waals surface area contributed by atoms with Crippen LogP contribution in [0, 0.1) is 6.92 Å². The van der Waals surface area contributed by atoms with Gasteiger partial charge in [0.05, 0.1) is 12.1 Å². The average molecular weight is 341 g/mol. The van der Waals surface area contributed by atoms with E-state index in [9.17, 15) is 3.89 Å². The van der Waals surface area contributed by atoms with Gasteiger partial charge in [-0.25, -0.2) is 0 Å². The number of rotatable bonds is 3. The summed E-state index contributed by atoms with van der Waals surface area (Å²) in [4.78, 5) is 3.01. The Kier molecular flexibility index (Phi) is 6.83. The normalized spacial score (nSPS) is 16.5. The van der Waals surface area contributed by atoms with Crippen LogP contribution < -0.4 is 0 Å². The lowest BCUT2D eigenvalue weighted by molar-refractivity contribution is 0.294. The Morgan fingerprint density at radius 1 is 1.12 bits per heavy atom. The number of aryl methyl sites for hydroxylation is 1.